The van der Waals surface area contributed by atoms with Crippen LogP contribution in [-0.4, -0.2) is 12.5 Å². The molecule has 1 aliphatic rings. The molecule has 2 heteroatoms. The van der Waals surface area contributed by atoms with Gasteiger partial charge in [0.05, 0.1) is 5.41 Å². The van der Waals surface area contributed by atoms with Gasteiger partial charge in [0, 0.05) is 6.54 Å². The maximum atomic E-state index is 11.8. The molecule has 1 fully saturated rings. The summed E-state index contributed by atoms with van der Waals surface area (Å²) in [7, 11) is 0. The van der Waals surface area contributed by atoms with Crippen LogP contribution in [0.5, 0.6) is 0 Å². The van der Waals surface area contributed by atoms with Crippen LogP contribution < -0.4 is 5.32 Å². The van der Waals surface area contributed by atoms with Crippen LogP contribution in [0.4, 0.5) is 0 Å². The molecule has 0 aliphatic carbocycles. The largest absolute Gasteiger partial charge is 0.356 e. The van der Waals surface area contributed by atoms with Crippen LogP contribution in [-0.2, 0) is 11.2 Å². The number of nitrogens with one attached hydrogen (secondary N) is 1. The van der Waals surface area contributed by atoms with E-state index < -0.39 is 0 Å². The maximum Gasteiger partial charge on any atom is 0.226 e. The highest BCUT2D eigenvalue weighted by atomic mass is 16.2. The fourth-order valence-corrected chi connectivity index (χ4v) is 2.33. The Morgan fingerprint density at radius 3 is 2.60 bits per heavy atom. The van der Waals surface area contributed by atoms with Crippen molar-refractivity contribution >= 4 is 5.91 Å². The minimum absolute atomic E-state index is 0.151. The zero-order valence-corrected chi connectivity index (χ0v) is 9.12. The summed E-state index contributed by atoms with van der Waals surface area (Å²) in [5.41, 5.74) is 1.11. The Bertz CT molecular complexity index is 347. The summed E-state index contributed by atoms with van der Waals surface area (Å²) < 4.78 is 0. The molecular formula is C13H17NO. The molecule has 0 spiro atoms. The van der Waals surface area contributed by atoms with Gasteiger partial charge >= 0.3 is 0 Å². The first-order valence-corrected chi connectivity index (χ1v) is 5.59. The van der Waals surface area contributed by atoms with Crippen LogP contribution in [0.15, 0.2) is 30.3 Å². The molecule has 1 N–H and O–H groups in total. The smallest absolute Gasteiger partial charge is 0.226 e. The Morgan fingerprint density at radius 2 is 2.07 bits per heavy atom. The van der Waals surface area contributed by atoms with Crippen LogP contribution in [0.3, 0.4) is 0 Å². The normalized spacial score (nSPS) is 25.3. The maximum absolute atomic E-state index is 11.8. The molecule has 2 nitrogen and oxygen atoms in total. The van der Waals surface area contributed by atoms with E-state index in [1.807, 2.05) is 18.2 Å². The SMILES string of the molecule is CC[C@@]1(Cc2ccccc2)CCNC1=O. The topological polar surface area (TPSA) is 29.1 Å². The van der Waals surface area contributed by atoms with Crippen LogP contribution in [0.2, 0.25) is 0 Å². The molecule has 1 aliphatic heterocycles. The monoisotopic (exact) mass is 203 g/mol. The van der Waals surface area contributed by atoms with Crippen molar-refractivity contribution < 1.29 is 4.79 Å². The summed E-state index contributed by atoms with van der Waals surface area (Å²) in [5, 5.41) is 2.94. The molecule has 80 valence electrons. The van der Waals surface area contributed by atoms with Crippen molar-refractivity contribution in [3.63, 3.8) is 0 Å². The number of amides is 1. The third-order valence-corrected chi connectivity index (χ3v) is 3.43. The molecule has 1 atom stereocenters. The average molecular weight is 203 g/mol. The van der Waals surface area contributed by atoms with Crippen molar-refractivity contribution in [3.8, 4) is 0 Å². The van der Waals surface area contributed by atoms with Crippen LogP contribution in [0.1, 0.15) is 25.3 Å². The molecule has 0 saturated carbocycles. The lowest BCUT2D eigenvalue weighted by Gasteiger charge is -2.24. The van der Waals surface area contributed by atoms with Crippen LogP contribution in [0, 0.1) is 5.41 Å². The van der Waals surface area contributed by atoms with E-state index in [9.17, 15) is 4.79 Å². The van der Waals surface area contributed by atoms with E-state index in [-0.39, 0.29) is 11.3 Å². The predicted molar refractivity (Wildman–Crippen MR) is 60.5 cm³/mol. The quantitative estimate of drug-likeness (QED) is 0.801. The number of hydrogen-bond donors (Lipinski definition) is 1. The third-order valence-electron chi connectivity index (χ3n) is 3.43. The lowest BCUT2D eigenvalue weighted by Crippen LogP contribution is -2.32. The zero-order chi connectivity index (χ0) is 10.7. The fourth-order valence-electron chi connectivity index (χ4n) is 2.33. The fraction of sp³-hybridized carbons (Fsp3) is 0.462. The second kappa shape index (κ2) is 4.05. The first-order valence-electron chi connectivity index (χ1n) is 5.59. The minimum atomic E-state index is -0.151. The Labute approximate surface area is 90.7 Å². The van der Waals surface area contributed by atoms with E-state index in [1.54, 1.807) is 0 Å². The molecule has 2 rings (SSSR count). The van der Waals surface area contributed by atoms with Gasteiger partial charge in [-0.15, -0.1) is 0 Å². The molecule has 0 unspecified atom stereocenters. The summed E-state index contributed by atoms with van der Waals surface area (Å²) in [4.78, 5) is 11.8. The van der Waals surface area contributed by atoms with Gasteiger partial charge in [0.2, 0.25) is 5.91 Å². The molecule has 0 aromatic heterocycles. The Hall–Kier alpha value is -1.31. The van der Waals surface area contributed by atoms with Gasteiger partial charge in [-0.05, 0) is 24.8 Å². The van der Waals surface area contributed by atoms with Gasteiger partial charge in [-0.3, -0.25) is 4.79 Å². The first-order chi connectivity index (χ1) is 7.27. The zero-order valence-electron chi connectivity index (χ0n) is 9.12. The van der Waals surface area contributed by atoms with E-state index in [2.05, 4.69) is 24.4 Å². The molecule has 1 amide bonds. The molecule has 0 radical (unpaired) electrons. The van der Waals surface area contributed by atoms with E-state index >= 15 is 0 Å². The first kappa shape index (κ1) is 10.2. The summed E-state index contributed by atoms with van der Waals surface area (Å²) >= 11 is 0. The third kappa shape index (κ3) is 1.89. The molecule has 1 aromatic rings. The van der Waals surface area contributed by atoms with Gasteiger partial charge in [0.25, 0.3) is 0 Å². The standard InChI is InChI=1S/C13H17NO/c1-2-13(8-9-14-12(13)15)10-11-6-4-3-5-7-11/h3-7H,2,8-10H2,1H3,(H,14,15)/t13-/m0/s1. The molecule has 1 aromatic carbocycles. The molecular weight excluding hydrogens is 186 g/mol. The number of carbonyl (C=O) groups is 1. The summed E-state index contributed by atoms with van der Waals surface area (Å²) in [6.07, 6.45) is 2.77. The Kier molecular flexibility index (Phi) is 2.76. The van der Waals surface area contributed by atoms with Crippen molar-refractivity contribution in [2.75, 3.05) is 6.54 Å². The van der Waals surface area contributed by atoms with E-state index in [1.165, 1.54) is 5.56 Å². The van der Waals surface area contributed by atoms with Crippen molar-refractivity contribution in [1.29, 1.82) is 0 Å². The lowest BCUT2D eigenvalue weighted by atomic mass is 9.78. The average Bonchev–Trinajstić information content (AvgIpc) is 2.62. The van der Waals surface area contributed by atoms with Crippen molar-refractivity contribution in [3.05, 3.63) is 35.9 Å². The van der Waals surface area contributed by atoms with Gasteiger partial charge in [0.15, 0.2) is 0 Å². The van der Waals surface area contributed by atoms with Gasteiger partial charge in [-0.25, -0.2) is 0 Å². The van der Waals surface area contributed by atoms with E-state index in [0.717, 1.165) is 25.8 Å². The van der Waals surface area contributed by atoms with Crippen molar-refractivity contribution in [1.82, 2.24) is 5.32 Å². The van der Waals surface area contributed by atoms with Gasteiger partial charge in [-0.2, -0.15) is 0 Å². The number of hydrogen-bond acceptors (Lipinski definition) is 1. The van der Waals surface area contributed by atoms with Crippen molar-refractivity contribution in [2.24, 2.45) is 5.41 Å². The summed E-state index contributed by atoms with van der Waals surface area (Å²) in [6.45, 7) is 2.94. The van der Waals surface area contributed by atoms with Gasteiger partial charge in [-0.1, -0.05) is 37.3 Å². The van der Waals surface area contributed by atoms with Crippen LogP contribution in [0.25, 0.3) is 0 Å². The molecule has 0 bridgehead atoms. The van der Waals surface area contributed by atoms with E-state index in [4.69, 9.17) is 0 Å². The highest BCUT2D eigenvalue weighted by molar-refractivity contribution is 5.84. The second-order valence-electron chi connectivity index (χ2n) is 4.30. The Morgan fingerprint density at radius 1 is 1.33 bits per heavy atom. The summed E-state index contributed by atoms with van der Waals surface area (Å²) in [5.74, 6) is 0.230. The summed E-state index contributed by atoms with van der Waals surface area (Å²) in [6, 6.07) is 10.3. The Balaban J connectivity index is 2.19. The predicted octanol–water partition coefficient (Wildman–Crippen LogP) is 2.15. The lowest BCUT2D eigenvalue weighted by molar-refractivity contribution is -0.127. The molecule has 1 saturated heterocycles. The molecule has 15 heavy (non-hydrogen) atoms. The highest BCUT2D eigenvalue weighted by Gasteiger charge is 2.40. The minimum Gasteiger partial charge on any atom is -0.356 e. The van der Waals surface area contributed by atoms with Gasteiger partial charge < -0.3 is 5.32 Å². The highest BCUT2D eigenvalue weighted by Crippen LogP contribution is 2.34. The number of benzene rings is 1. The number of carbonyl (C=O) groups excluding carboxylic acids is 1. The van der Waals surface area contributed by atoms with Crippen molar-refractivity contribution in [2.45, 2.75) is 26.2 Å². The second-order valence-corrected chi connectivity index (χ2v) is 4.30. The van der Waals surface area contributed by atoms with Crippen LogP contribution >= 0.6 is 0 Å². The van der Waals surface area contributed by atoms with Gasteiger partial charge in [0.1, 0.15) is 0 Å². The molecule has 1 heterocycles. The van der Waals surface area contributed by atoms with E-state index in [0.29, 0.717) is 0 Å². The number of rotatable bonds is 3.